The van der Waals surface area contributed by atoms with Crippen LogP contribution in [0.15, 0.2) is 64.5 Å². The summed E-state index contributed by atoms with van der Waals surface area (Å²) in [5, 5.41) is 5.84. The molecule has 0 aliphatic rings. The van der Waals surface area contributed by atoms with Crippen molar-refractivity contribution in [3.05, 3.63) is 65.0 Å². The second kappa shape index (κ2) is 8.48. The summed E-state index contributed by atoms with van der Waals surface area (Å²) < 4.78 is 1.48. The molecular weight excluding hydrogens is 388 g/mol. The highest BCUT2D eigenvalue weighted by atomic mass is 32.2. The third-order valence-corrected chi connectivity index (χ3v) is 4.77. The van der Waals surface area contributed by atoms with E-state index in [-0.39, 0.29) is 11.3 Å². The highest BCUT2D eigenvalue weighted by Crippen LogP contribution is 2.21. The normalized spacial score (nSPS) is 11.3. The van der Waals surface area contributed by atoms with Crippen molar-refractivity contribution in [1.82, 2.24) is 20.2 Å². The lowest BCUT2D eigenvalue weighted by molar-refractivity contribution is -0.117. The molecule has 0 fully saturated rings. The molecule has 150 valence electrons. The molecule has 3 amide bonds. The minimum atomic E-state index is -0.560. The molecule has 0 bridgehead atoms. The number of amides is 3. The molecule has 0 aliphatic carbocycles. The van der Waals surface area contributed by atoms with Gasteiger partial charge in [0.2, 0.25) is 5.91 Å². The van der Waals surface area contributed by atoms with Crippen molar-refractivity contribution in [2.75, 3.05) is 5.75 Å². The Hall–Kier alpha value is -3.13. The Balaban J connectivity index is 1.88. The number of fused-ring (bicyclic) bond motifs is 1. The van der Waals surface area contributed by atoms with Crippen molar-refractivity contribution in [3.63, 3.8) is 0 Å². The van der Waals surface area contributed by atoms with E-state index in [2.05, 4.69) is 15.6 Å². The molecule has 0 atom stereocenters. The monoisotopic (exact) mass is 410 g/mol. The van der Waals surface area contributed by atoms with Gasteiger partial charge in [0.15, 0.2) is 5.16 Å². The van der Waals surface area contributed by atoms with E-state index in [1.165, 1.54) is 4.57 Å². The Kier molecular flexibility index (Phi) is 6.03. The van der Waals surface area contributed by atoms with Gasteiger partial charge in [0.25, 0.3) is 5.56 Å². The van der Waals surface area contributed by atoms with E-state index in [9.17, 15) is 14.4 Å². The number of nitrogens with zero attached hydrogens (tertiary/aromatic N) is 2. The minimum Gasteiger partial charge on any atom is -0.333 e. The lowest BCUT2D eigenvalue weighted by Crippen LogP contribution is -2.48. The SMILES string of the molecule is CC(C)(C)NC(=O)NC(=O)CSc1nc2ccccc2c(=O)n1-c1ccccc1. The van der Waals surface area contributed by atoms with Gasteiger partial charge in [0.1, 0.15) is 0 Å². The van der Waals surface area contributed by atoms with E-state index in [0.29, 0.717) is 21.7 Å². The zero-order valence-corrected chi connectivity index (χ0v) is 17.2. The van der Waals surface area contributed by atoms with Gasteiger partial charge >= 0.3 is 6.03 Å². The number of urea groups is 1. The van der Waals surface area contributed by atoms with Gasteiger partial charge < -0.3 is 5.32 Å². The van der Waals surface area contributed by atoms with Gasteiger partial charge in [-0.2, -0.15) is 0 Å². The Morgan fingerprint density at radius 2 is 1.69 bits per heavy atom. The third kappa shape index (κ3) is 5.23. The summed E-state index contributed by atoms with van der Waals surface area (Å²) in [6.07, 6.45) is 0. The summed E-state index contributed by atoms with van der Waals surface area (Å²) in [5.41, 5.74) is 0.544. The standard InChI is InChI=1S/C21H22N4O3S/c1-21(2,3)24-19(28)23-17(26)13-29-20-22-16-12-8-7-11-15(16)18(27)25(20)14-9-5-4-6-10-14/h4-12H,13H2,1-3H3,(H2,23,24,26,28). The second-order valence-corrected chi connectivity index (χ2v) is 8.37. The first-order chi connectivity index (χ1) is 13.7. The average Bonchev–Trinajstić information content (AvgIpc) is 2.65. The maximum absolute atomic E-state index is 13.1. The highest BCUT2D eigenvalue weighted by Gasteiger charge is 2.18. The quantitative estimate of drug-likeness (QED) is 0.509. The van der Waals surface area contributed by atoms with Crippen molar-refractivity contribution >= 4 is 34.6 Å². The summed E-state index contributed by atoms with van der Waals surface area (Å²) in [7, 11) is 0. The van der Waals surface area contributed by atoms with Crippen LogP contribution in [-0.2, 0) is 4.79 Å². The maximum atomic E-state index is 13.1. The Bertz CT molecular complexity index is 1100. The van der Waals surface area contributed by atoms with Crippen LogP contribution >= 0.6 is 11.8 Å². The van der Waals surface area contributed by atoms with Crippen molar-refractivity contribution in [1.29, 1.82) is 0 Å². The Morgan fingerprint density at radius 3 is 2.38 bits per heavy atom. The zero-order valence-electron chi connectivity index (χ0n) is 16.4. The number of benzene rings is 2. The molecule has 2 N–H and O–H groups in total. The van der Waals surface area contributed by atoms with E-state index < -0.39 is 17.5 Å². The fourth-order valence-electron chi connectivity index (χ4n) is 2.68. The van der Waals surface area contributed by atoms with Crippen LogP contribution in [0.3, 0.4) is 0 Å². The molecular formula is C21H22N4O3S. The molecule has 1 aromatic heterocycles. The number of aromatic nitrogens is 2. The van der Waals surface area contributed by atoms with Crippen LogP contribution in [0, 0.1) is 0 Å². The molecule has 0 saturated heterocycles. The van der Waals surface area contributed by atoms with E-state index in [0.717, 1.165) is 11.8 Å². The van der Waals surface area contributed by atoms with E-state index in [1.807, 2.05) is 39.0 Å². The van der Waals surface area contributed by atoms with Crippen LogP contribution in [0.1, 0.15) is 20.8 Å². The van der Waals surface area contributed by atoms with E-state index in [1.54, 1.807) is 36.4 Å². The predicted octanol–water partition coefficient (Wildman–Crippen LogP) is 3.10. The molecule has 8 heteroatoms. The van der Waals surface area contributed by atoms with Crippen molar-refractivity contribution in [3.8, 4) is 5.69 Å². The molecule has 0 saturated carbocycles. The molecule has 0 aliphatic heterocycles. The topological polar surface area (TPSA) is 93.1 Å². The molecule has 3 aromatic rings. The van der Waals surface area contributed by atoms with Gasteiger partial charge in [-0.15, -0.1) is 0 Å². The first kappa shape index (κ1) is 20.6. The van der Waals surface area contributed by atoms with Gasteiger partial charge in [-0.05, 0) is 45.0 Å². The summed E-state index contributed by atoms with van der Waals surface area (Å²) in [6.45, 7) is 5.47. The van der Waals surface area contributed by atoms with Gasteiger partial charge in [0, 0.05) is 5.54 Å². The largest absolute Gasteiger partial charge is 0.333 e. The van der Waals surface area contributed by atoms with Crippen LogP contribution in [-0.4, -0.2) is 32.8 Å². The minimum absolute atomic E-state index is 0.0603. The van der Waals surface area contributed by atoms with E-state index >= 15 is 0 Å². The fraction of sp³-hybridized carbons (Fsp3) is 0.238. The second-order valence-electron chi connectivity index (χ2n) is 7.43. The summed E-state index contributed by atoms with van der Waals surface area (Å²) in [5.74, 6) is -0.534. The first-order valence-electron chi connectivity index (χ1n) is 9.06. The highest BCUT2D eigenvalue weighted by molar-refractivity contribution is 7.99. The van der Waals surface area contributed by atoms with E-state index in [4.69, 9.17) is 0 Å². The molecule has 1 heterocycles. The fourth-order valence-corrected chi connectivity index (χ4v) is 3.49. The number of thioether (sulfide) groups is 1. The smallest absolute Gasteiger partial charge is 0.321 e. The van der Waals surface area contributed by atoms with Crippen LogP contribution in [0.4, 0.5) is 4.79 Å². The summed E-state index contributed by atoms with van der Waals surface area (Å²) in [6, 6.07) is 15.6. The number of rotatable bonds is 4. The molecule has 3 rings (SSSR count). The number of para-hydroxylation sites is 2. The number of nitrogens with one attached hydrogen (secondary N) is 2. The average molecular weight is 410 g/mol. The van der Waals surface area contributed by atoms with Crippen LogP contribution in [0.2, 0.25) is 0 Å². The number of hydrogen-bond donors (Lipinski definition) is 2. The lowest BCUT2D eigenvalue weighted by atomic mass is 10.1. The first-order valence-corrected chi connectivity index (χ1v) is 10.1. The summed E-state index contributed by atoms with van der Waals surface area (Å²) >= 11 is 1.10. The summed E-state index contributed by atoms with van der Waals surface area (Å²) in [4.78, 5) is 41.7. The van der Waals surface area contributed by atoms with Crippen molar-refractivity contribution in [2.45, 2.75) is 31.5 Å². The zero-order chi connectivity index (χ0) is 21.0. The van der Waals surface area contributed by atoms with Crippen LogP contribution in [0.5, 0.6) is 0 Å². The van der Waals surface area contributed by atoms with Gasteiger partial charge in [0.05, 0.1) is 22.3 Å². The van der Waals surface area contributed by atoms with Crippen LogP contribution in [0.25, 0.3) is 16.6 Å². The van der Waals surface area contributed by atoms with Crippen LogP contribution < -0.4 is 16.2 Å². The molecule has 0 radical (unpaired) electrons. The molecule has 0 unspecified atom stereocenters. The van der Waals surface area contributed by atoms with Crippen molar-refractivity contribution < 1.29 is 9.59 Å². The van der Waals surface area contributed by atoms with Gasteiger partial charge in [-0.25, -0.2) is 9.78 Å². The number of hydrogen-bond acceptors (Lipinski definition) is 5. The number of carbonyl (C=O) groups is 2. The predicted molar refractivity (Wildman–Crippen MR) is 114 cm³/mol. The maximum Gasteiger partial charge on any atom is 0.321 e. The number of imide groups is 1. The lowest BCUT2D eigenvalue weighted by Gasteiger charge is -2.20. The van der Waals surface area contributed by atoms with Gasteiger partial charge in [-0.3, -0.25) is 19.5 Å². The molecule has 2 aromatic carbocycles. The molecule has 7 nitrogen and oxygen atoms in total. The van der Waals surface area contributed by atoms with Gasteiger partial charge in [-0.1, -0.05) is 42.1 Å². The molecule has 0 spiro atoms. The third-order valence-electron chi connectivity index (χ3n) is 3.83. The number of carbonyl (C=O) groups excluding carboxylic acids is 2. The van der Waals surface area contributed by atoms with Crippen molar-refractivity contribution in [2.24, 2.45) is 0 Å². The Morgan fingerprint density at radius 1 is 1.03 bits per heavy atom. The molecule has 29 heavy (non-hydrogen) atoms. The Labute approximate surface area is 172 Å².